The average molecular weight is 374 g/mol. The maximum atomic E-state index is 12.3. The van der Waals surface area contributed by atoms with Crippen molar-refractivity contribution in [2.24, 2.45) is 0 Å². The Balaban J connectivity index is 1.81. The minimum Gasteiger partial charge on any atom is -0.321 e. The van der Waals surface area contributed by atoms with Crippen molar-refractivity contribution in [3.8, 4) is 11.3 Å². The predicted molar refractivity (Wildman–Crippen MR) is 102 cm³/mol. The summed E-state index contributed by atoms with van der Waals surface area (Å²) in [5, 5.41) is 5.67. The summed E-state index contributed by atoms with van der Waals surface area (Å²) in [6.07, 6.45) is 0. The van der Waals surface area contributed by atoms with Crippen molar-refractivity contribution in [2.45, 2.75) is 19.8 Å². The third-order valence-electron chi connectivity index (χ3n) is 3.64. The lowest BCUT2D eigenvalue weighted by Gasteiger charge is -2.05. The van der Waals surface area contributed by atoms with Crippen molar-refractivity contribution in [1.29, 1.82) is 0 Å². The third kappa shape index (κ3) is 3.97. The lowest BCUT2D eigenvalue weighted by atomic mass is 10.1. The number of benzene rings is 1. The van der Waals surface area contributed by atoms with Crippen LogP contribution in [0.3, 0.4) is 0 Å². The molecule has 1 amide bonds. The van der Waals surface area contributed by atoms with Crippen LogP contribution in [0.25, 0.3) is 11.3 Å². The topological polar surface area (TPSA) is 74.8 Å². The number of carbonyl (C=O) groups excluding carboxylic acids is 1. The van der Waals surface area contributed by atoms with Gasteiger partial charge in [-0.2, -0.15) is 0 Å². The van der Waals surface area contributed by atoms with Crippen molar-refractivity contribution in [2.75, 3.05) is 5.32 Å². The molecule has 0 unspecified atom stereocenters. The van der Waals surface area contributed by atoms with Gasteiger partial charge < -0.3 is 4.98 Å². The third-order valence-corrected chi connectivity index (χ3v) is 4.67. The van der Waals surface area contributed by atoms with Gasteiger partial charge in [-0.15, -0.1) is 11.3 Å². The van der Waals surface area contributed by atoms with Gasteiger partial charge >= 0.3 is 0 Å². The van der Waals surface area contributed by atoms with Crippen LogP contribution < -0.4 is 10.9 Å². The van der Waals surface area contributed by atoms with E-state index in [1.165, 1.54) is 17.4 Å². The molecule has 0 spiro atoms. The van der Waals surface area contributed by atoms with Gasteiger partial charge in [0.1, 0.15) is 5.56 Å². The highest BCUT2D eigenvalue weighted by molar-refractivity contribution is 7.14. The highest BCUT2D eigenvalue weighted by atomic mass is 35.5. The first kappa shape index (κ1) is 17.4. The van der Waals surface area contributed by atoms with Crippen molar-refractivity contribution >= 4 is 34.0 Å². The summed E-state index contributed by atoms with van der Waals surface area (Å²) in [5.41, 5.74) is 1.93. The monoisotopic (exact) mass is 373 g/mol. The Morgan fingerprint density at radius 3 is 2.52 bits per heavy atom. The molecule has 3 rings (SSSR count). The van der Waals surface area contributed by atoms with E-state index in [0.717, 1.165) is 11.3 Å². The van der Waals surface area contributed by atoms with E-state index in [1.807, 2.05) is 19.2 Å². The van der Waals surface area contributed by atoms with Crippen molar-refractivity contribution in [1.82, 2.24) is 9.97 Å². The number of H-pyrrole nitrogens is 1. The van der Waals surface area contributed by atoms with E-state index in [4.69, 9.17) is 11.6 Å². The van der Waals surface area contributed by atoms with Crippen molar-refractivity contribution < 1.29 is 4.79 Å². The van der Waals surface area contributed by atoms with Gasteiger partial charge in [-0.05, 0) is 35.7 Å². The first-order valence-electron chi connectivity index (χ1n) is 7.70. The Morgan fingerprint density at radius 2 is 1.92 bits per heavy atom. The van der Waals surface area contributed by atoms with Crippen LogP contribution in [0.5, 0.6) is 0 Å². The second kappa shape index (κ2) is 7.21. The number of halogens is 1. The van der Waals surface area contributed by atoms with Crippen LogP contribution in [0.2, 0.25) is 5.02 Å². The Labute approximate surface area is 153 Å². The molecule has 0 fully saturated rings. The SMILES string of the molecule is CC(C)c1csc(NC(=O)c2ccc(-c3ccc(Cl)cc3)[nH]c2=O)n1. The fourth-order valence-electron chi connectivity index (χ4n) is 2.22. The zero-order valence-corrected chi connectivity index (χ0v) is 15.2. The number of thiazole rings is 1. The van der Waals surface area contributed by atoms with Crippen molar-refractivity contribution in [3.63, 3.8) is 0 Å². The fraction of sp³-hybridized carbons (Fsp3) is 0.167. The van der Waals surface area contributed by atoms with Gasteiger partial charge in [-0.1, -0.05) is 37.6 Å². The molecule has 0 saturated heterocycles. The van der Waals surface area contributed by atoms with Crippen LogP contribution in [-0.2, 0) is 0 Å². The first-order valence-corrected chi connectivity index (χ1v) is 8.96. The Hall–Kier alpha value is -2.44. The number of amides is 1. The maximum Gasteiger partial charge on any atom is 0.263 e. The normalized spacial score (nSPS) is 10.9. The zero-order valence-electron chi connectivity index (χ0n) is 13.7. The molecule has 2 heterocycles. The average Bonchev–Trinajstić information content (AvgIpc) is 3.04. The van der Waals surface area contributed by atoms with Crippen LogP contribution in [0.1, 0.15) is 35.8 Å². The standard InChI is InChI=1S/C18H16ClN3O2S/c1-10(2)15-9-25-18(21-15)22-17(24)13-7-8-14(20-16(13)23)11-3-5-12(19)6-4-11/h3-10H,1-2H3,(H,20,23)(H,21,22,24). The number of anilines is 1. The number of carbonyl (C=O) groups is 1. The molecule has 25 heavy (non-hydrogen) atoms. The van der Waals surface area contributed by atoms with Crippen LogP contribution in [0.15, 0.2) is 46.6 Å². The fourth-order valence-corrected chi connectivity index (χ4v) is 3.22. The summed E-state index contributed by atoms with van der Waals surface area (Å²) >= 11 is 7.21. The van der Waals surface area contributed by atoms with Gasteiger partial charge in [0.15, 0.2) is 5.13 Å². The second-order valence-electron chi connectivity index (χ2n) is 5.81. The molecule has 3 aromatic rings. The summed E-state index contributed by atoms with van der Waals surface area (Å²) in [7, 11) is 0. The molecule has 0 saturated carbocycles. The molecule has 0 aliphatic carbocycles. The largest absolute Gasteiger partial charge is 0.321 e. The number of aromatic amines is 1. The first-order chi connectivity index (χ1) is 11.9. The predicted octanol–water partition coefficient (Wildman–Crippen LogP) is 4.53. The highest BCUT2D eigenvalue weighted by Crippen LogP contribution is 2.22. The minimum absolute atomic E-state index is 0.0408. The molecule has 128 valence electrons. The van der Waals surface area contributed by atoms with E-state index in [1.54, 1.807) is 30.3 Å². The number of hydrogen-bond donors (Lipinski definition) is 2. The Kier molecular flexibility index (Phi) is 5.01. The number of nitrogens with zero attached hydrogens (tertiary/aromatic N) is 1. The zero-order chi connectivity index (χ0) is 18.0. The van der Waals surface area contributed by atoms with Crippen LogP contribution in [0, 0.1) is 0 Å². The second-order valence-corrected chi connectivity index (χ2v) is 7.10. The number of aromatic nitrogens is 2. The van der Waals surface area contributed by atoms with E-state index in [0.29, 0.717) is 15.8 Å². The molecule has 1 aromatic carbocycles. The molecule has 7 heteroatoms. The van der Waals surface area contributed by atoms with E-state index in [2.05, 4.69) is 15.3 Å². The summed E-state index contributed by atoms with van der Waals surface area (Å²) in [6.45, 7) is 4.06. The molecule has 0 radical (unpaired) electrons. The van der Waals surface area contributed by atoms with Crippen LogP contribution >= 0.6 is 22.9 Å². The van der Waals surface area contributed by atoms with Gasteiger partial charge in [0.05, 0.1) is 5.69 Å². The number of hydrogen-bond acceptors (Lipinski definition) is 4. The van der Waals surface area contributed by atoms with Gasteiger partial charge in [0.25, 0.3) is 11.5 Å². The van der Waals surface area contributed by atoms with E-state index in [9.17, 15) is 9.59 Å². The molecule has 0 aliphatic rings. The summed E-state index contributed by atoms with van der Waals surface area (Å²) in [5.74, 6) is -0.197. The number of pyridine rings is 1. The van der Waals surface area contributed by atoms with Gasteiger partial charge in [-0.25, -0.2) is 4.98 Å². The quantitative estimate of drug-likeness (QED) is 0.705. The molecule has 2 aromatic heterocycles. The van der Waals surface area contributed by atoms with E-state index in [-0.39, 0.29) is 11.5 Å². The number of rotatable bonds is 4. The molecule has 5 nitrogen and oxygen atoms in total. The highest BCUT2D eigenvalue weighted by Gasteiger charge is 2.14. The maximum absolute atomic E-state index is 12.3. The molecule has 0 bridgehead atoms. The summed E-state index contributed by atoms with van der Waals surface area (Å²) in [4.78, 5) is 31.7. The smallest absolute Gasteiger partial charge is 0.263 e. The van der Waals surface area contributed by atoms with E-state index < -0.39 is 11.5 Å². The van der Waals surface area contributed by atoms with Gasteiger partial charge in [0, 0.05) is 16.1 Å². The number of nitrogens with one attached hydrogen (secondary N) is 2. The molecule has 0 aliphatic heterocycles. The Morgan fingerprint density at radius 1 is 1.20 bits per heavy atom. The summed E-state index contributed by atoms with van der Waals surface area (Å²) < 4.78 is 0. The molecular formula is C18H16ClN3O2S. The summed E-state index contributed by atoms with van der Waals surface area (Å²) in [6, 6.07) is 10.3. The van der Waals surface area contributed by atoms with Crippen LogP contribution in [-0.4, -0.2) is 15.9 Å². The molecule has 2 N–H and O–H groups in total. The molecular weight excluding hydrogens is 358 g/mol. The minimum atomic E-state index is -0.478. The van der Waals surface area contributed by atoms with Crippen LogP contribution in [0.4, 0.5) is 5.13 Å². The van der Waals surface area contributed by atoms with E-state index >= 15 is 0 Å². The Bertz CT molecular complexity index is 961. The van der Waals surface area contributed by atoms with Crippen molar-refractivity contribution in [3.05, 3.63) is 68.4 Å². The van der Waals surface area contributed by atoms with Gasteiger partial charge in [-0.3, -0.25) is 14.9 Å². The van der Waals surface area contributed by atoms with Gasteiger partial charge in [0.2, 0.25) is 0 Å². The lowest BCUT2D eigenvalue weighted by Crippen LogP contribution is -2.23. The molecule has 0 atom stereocenters. The lowest BCUT2D eigenvalue weighted by molar-refractivity contribution is 0.102.